The number of azo groups is 3. The summed E-state index contributed by atoms with van der Waals surface area (Å²) < 4.78 is 101. The number of benzene rings is 5. The van der Waals surface area contributed by atoms with Crippen molar-refractivity contribution in [3.05, 3.63) is 78.9 Å². The first-order valence-corrected chi connectivity index (χ1v) is 17.8. The van der Waals surface area contributed by atoms with Crippen molar-refractivity contribution in [2.24, 2.45) is 30.7 Å². The van der Waals surface area contributed by atoms with Gasteiger partial charge < -0.3 is 22.3 Å². The minimum atomic E-state index is -5.17. The molecule has 0 bridgehead atoms. The van der Waals surface area contributed by atoms with Crippen molar-refractivity contribution in [3.63, 3.8) is 0 Å². The molecule has 5 aromatic carbocycles. The summed E-state index contributed by atoms with van der Waals surface area (Å²) in [4.78, 5) is -2.44. The first-order chi connectivity index (χ1) is 23.3. The van der Waals surface area contributed by atoms with Crippen molar-refractivity contribution < 1.29 is 44.0 Å². The lowest BCUT2D eigenvalue weighted by Crippen LogP contribution is -2.03. The standard InChI is InChI=1S/C28H23N9O10S3/c29-15-1-10-21(20(30)13-15)35-32-16-2-4-17(5-3-16)33-36-26-22(49(42,43)44)11-14-12-23(50(45,46)47)27(28(38)24(14)25(26)31)37-34-18-6-8-19(9-7-18)48(39,40)41/h1-13,38H,29-31H2,(H,39,40,41)(H,42,43,44)(H,45,46,47). The van der Waals surface area contributed by atoms with E-state index in [1.165, 1.54) is 30.3 Å². The van der Waals surface area contributed by atoms with E-state index in [2.05, 4.69) is 30.7 Å². The van der Waals surface area contributed by atoms with E-state index in [4.69, 9.17) is 21.8 Å². The molecule has 0 unspecified atom stereocenters. The van der Waals surface area contributed by atoms with Crippen LogP contribution in [0.4, 0.5) is 51.2 Å². The zero-order valence-electron chi connectivity index (χ0n) is 24.9. The predicted octanol–water partition coefficient (Wildman–Crippen LogP) is 6.28. The van der Waals surface area contributed by atoms with Crippen LogP contribution >= 0.6 is 0 Å². The second-order valence-electron chi connectivity index (χ2n) is 10.2. The first kappa shape index (κ1) is 35.4. The quantitative estimate of drug-likeness (QED) is 0.0497. The van der Waals surface area contributed by atoms with Crippen LogP contribution < -0.4 is 17.2 Å². The topological polar surface area (TPSA) is 336 Å². The fourth-order valence-corrected chi connectivity index (χ4v) is 6.17. The molecule has 0 atom stereocenters. The van der Waals surface area contributed by atoms with Crippen molar-refractivity contribution in [1.29, 1.82) is 0 Å². The number of hydrogen-bond acceptors (Lipinski definition) is 16. The average molecular weight is 742 g/mol. The van der Waals surface area contributed by atoms with Gasteiger partial charge in [0.15, 0.2) is 5.75 Å². The summed E-state index contributed by atoms with van der Waals surface area (Å²) in [5.74, 6) is -0.999. The van der Waals surface area contributed by atoms with Crippen LogP contribution in [0, 0.1) is 0 Å². The van der Waals surface area contributed by atoms with Crippen molar-refractivity contribution in [2.75, 3.05) is 17.2 Å². The van der Waals surface area contributed by atoms with E-state index >= 15 is 0 Å². The molecule has 258 valence electrons. The summed E-state index contributed by atoms with van der Waals surface area (Å²) in [6.07, 6.45) is 0. The molecule has 50 heavy (non-hydrogen) atoms. The number of aromatic hydroxyl groups is 1. The molecule has 5 aromatic rings. The molecule has 0 aliphatic heterocycles. The Morgan fingerprint density at radius 2 is 0.980 bits per heavy atom. The van der Waals surface area contributed by atoms with Gasteiger partial charge in [-0.25, -0.2) is 0 Å². The minimum Gasteiger partial charge on any atom is -0.505 e. The molecule has 0 aromatic heterocycles. The molecule has 0 aliphatic rings. The van der Waals surface area contributed by atoms with Gasteiger partial charge in [0.2, 0.25) is 0 Å². The molecule has 0 saturated heterocycles. The molecule has 5 rings (SSSR count). The lowest BCUT2D eigenvalue weighted by molar-refractivity contribution is 0.472. The number of nitrogens with two attached hydrogens (primary N) is 3. The van der Waals surface area contributed by atoms with Gasteiger partial charge in [-0.3, -0.25) is 13.7 Å². The monoisotopic (exact) mass is 741 g/mol. The summed E-state index contributed by atoms with van der Waals surface area (Å²) >= 11 is 0. The second kappa shape index (κ2) is 13.2. The number of phenols is 1. The Kier molecular flexibility index (Phi) is 9.33. The number of anilines is 3. The van der Waals surface area contributed by atoms with Crippen LogP contribution in [0.3, 0.4) is 0 Å². The maximum Gasteiger partial charge on any atom is 0.296 e. The fourth-order valence-electron chi connectivity index (χ4n) is 4.37. The van der Waals surface area contributed by atoms with Crippen LogP contribution in [-0.2, 0) is 30.4 Å². The van der Waals surface area contributed by atoms with Crippen molar-refractivity contribution in [2.45, 2.75) is 14.7 Å². The highest BCUT2D eigenvalue weighted by Crippen LogP contribution is 2.48. The van der Waals surface area contributed by atoms with Crippen LogP contribution in [0.1, 0.15) is 0 Å². The van der Waals surface area contributed by atoms with Gasteiger partial charge in [0.25, 0.3) is 30.4 Å². The van der Waals surface area contributed by atoms with E-state index in [-0.39, 0.29) is 16.8 Å². The summed E-state index contributed by atoms with van der Waals surface area (Å²) in [6, 6.07) is 16.1. The normalized spacial score (nSPS) is 12.9. The zero-order valence-corrected chi connectivity index (χ0v) is 27.3. The number of fused-ring (bicyclic) bond motifs is 1. The van der Waals surface area contributed by atoms with E-state index in [9.17, 15) is 39.5 Å². The van der Waals surface area contributed by atoms with Crippen molar-refractivity contribution in [1.82, 2.24) is 0 Å². The smallest absolute Gasteiger partial charge is 0.296 e. The number of phenolic OH excluding ortho intramolecular Hbond substituents is 1. The fraction of sp³-hybridized carbons (Fsp3) is 0. The van der Waals surface area contributed by atoms with Gasteiger partial charge in [-0.05, 0) is 84.2 Å². The summed E-state index contributed by atoms with van der Waals surface area (Å²) in [7, 11) is -14.8. The van der Waals surface area contributed by atoms with E-state index in [1.54, 1.807) is 12.1 Å². The third-order valence-corrected chi connectivity index (χ3v) is 9.31. The highest BCUT2D eigenvalue weighted by molar-refractivity contribution is 7.86. The number of nitrogens with zero attached hydrogens (tertiary/aromatic N) is 6. The lowest BCUT2D eigenvalue weighted by atomic mass is 10.1. The number of rotatable bonds is 9. The van der Waals surface area contributed by atoms with E-state index in [0.717, 1.165) is 36.4 Å². The molecular formula is C28H23N9O10S3. The molecule has 0 amide bonds. The maximum atomic E-state index is 12.4. The van der Waals surface area contributed by atoms with Gasteiger partial charge in [0.05, 0.1) is 38.7 Å². The summed E-state index contributed by atoms with van der Waals surface area (Å²) in [6.45, 7) is 0. The largest absolute Gasteiger partial charge is 0.505 e. The van der Waals surface area contributed by atoms with Crippen LogP contribution in [0.25, 0.3) is 10.8 Å². The number of nitrogen functional groups attached to an aromatic ring is 3. The highest BCUT2D eigenvalue weighted by Gasteiger charge is 2.28. The zero-order chi connectivity index (χ0) is 36.6. The third kappa shape index (κ3) is 7.70. The van der Waals surface area contributed by atoms with E-state index in [0.29, 0.717) is 22.7 Å². The summed E-state index contributed by atoms with van der Waals surface area (Å²) in [5.41, 5.74) is 17.2. The first-order valence-electron chi connectivity index (χ1n) is 13.5. The molecule has 0 fully saturated rings. The molecule has 0 spiro atoms. The molecule has 22 heteroatoms. The number of hydrogen-bond donors (Lipinski definition) is 7. The minimum absolute atomic E-state index is 0.0794. The maximum absolute atomic E-state index is 12.4. The van der Waals surface area contributed by atoms with Crippen molar-refractivity contribution in [3.8, 4) is 5.75 Å². The second-order valence-corrected chi connectivity index (χ2v) is 14.4. The molecule has 0 aliphatic carbocycles. The molecule has 0 radical (unpaired) electrons. The van der Waals surface area contributed by atoms with Crippen molar-refractivity contribution >= 4 is 92.3 Å². The van der Waals surface area contributed by atoms with Crippen LogP contribution in [0.5, 0.6) is 5.75 Å². The van der Waals surface area contributed by atoms with Gasteiger partial charge in [0.1, 0.15) is 26.9 Å². The van der Waals surface area contributed by atoms with Crippen LogP contribution in [0.2, 0.25) is 0 Å². The van der Waals surface area contributed by atoms with Gasteiger partial charge in [0, 0.05) is 5.69 Å². The van der Waals surface area contributed by atoms with Gasteiger partial charge in [-0.15, -0.1) is 15.3 Å². The lowest BCUT2D eigenvalue weighted by Gasteiger charge is -2.14. The Hall–Kier alpha value is -5.91. The van der Waals surface area contributed by atoms with Gasteiger partial charge in [-0.1, -0.05) is 0 Å². The van der Waals surface area contributed by atoms with Gasteiger partial charge >= 0.3 is 0 Å². The Bertz CT molecular complexity index is 2600. The SMILES string of the molecule is Nc1ccc(N=Nc2ccc(N=Nc3c(S(=O)(=O)O)cc4cc(S(=O)(=O)O)c(N=Nc5ccc(S(=O)(=O)O)cc5)c(O)c4c3N)cc2)c(N)c1. The Balaban J connectivity index is 1.58. The predicted molar refractivity (Wildman–Crippen MR) is 180 cm³/mol. The highest BCUT2D eigenvalue weighted by atomic mass is 32.2. The Morgan fingerprint density at radius 3 is 1.46 bits per heavy atom. The molecular weight excluding hydrogens is 719 g/mol. The van der Waals surface area contributed by atoms with E-state index < -0.39 is 73.2 Å². The Morgan fingerprint density at radius 1 is 0.520 bits per heavy atom. The van der Waals surface area contributed by atoms with Crippen LogP contribution in [0.15, 0.2) is 124 Å². The molecule has 19 nitrogen and oxygen atoms in total. The van der Waals surface area contributed by atoms with Crippen LogP contribution in [-0.4, -0.2) is 44.0 Å². The third-order valence-electron chi connectivity index (χ3n) is 6.71. The molecule has 10 N–H and O–H groups in total. The Labute approximate surface area is 282 Å². The average Bonchev–Trinajstić information content (AvgIpc) is 3.02. The molecule has 0 heterocycles. The molecule has 0 saturated carbocycles. The summed E-state index contributed by atoms with van der Waals surface area (Å²) in [5, 5.41) is 33.8. The van der Waals surface area contributed by atoms with E-state index in [1.807, 2.05) is 0 Å². The van der Waals surface area contributed by atoms with Gasteiger partial charge in [-0.2, -0.15) is 40.6 Å².